The molecule has 0 aromatic heterocycles. The smallest absolute Gasteiger partial charge is 0.126 e. The molecule has 1 aliphatic rings. The summed E-state index contributed by atoms with van der Waals surface area (Å²) in [5, 5.41) is 0. The highest BCUT2D eigenvalue weighted by atomic mass is 19.1. The summed E-state index contributed by atoms with van der Waals surface area (Å²) in [7, 11) is 0. The van der Waals surface area contributed by atoms with E-state index in [2.05, 4.69) is 47.1 Å². The number of piperazine rings is 1. The molecule has 2 aromatic rings. The molecule has 0 radical (unpaired) electrons. The molecule has 2 aromatic carbocycles. The zero-order valence-electron chi connectivity index (χ0n) is 13.8. The third-order valence-corrected chi connectivity index (χ3v) is 4.75. The van der Waals surface area contributed by atoms with Crippen LogP contribution in [0.15, 0.2) is 54.6 Å². The Bertz CT molecular complexity index is 606. The Balaban J connectivity index is 1.49. The van der Waals surface area contributed by atoms with Crippen molar-refractivity contribution in [2.45, 2.75) is 25.9 Å². The molecule has 122 valence electrons. The third-order valence-electron chi connectivity index (χ3n) is 4.75. The van der Waals surface area contributed by atoms with Crippen LogP contribution in [-0.2, 0) is 13.0 Å². The first-order valence-electron chi connectivity index (χ1n) is 8.46. The van der Waals surface area contributed by atoms with Gasteiger partial charge in [0.1, 0.15) is 5.82 Å². The van der Waals surface area contributed by atoms with Gasteiger partial charge in [0, 0.05) is 38.8 Å². The lowest BCUT2D eigenvalue weighted by Crippen LogP contribution is -2.49. The molecule has 0 spiro atoms. The standard InChI is InChI=1S/C20H25FN2/c1-17(15-19-9-5-6-10-20(19)21)23-13-11-22(12-14-23)16-18-7-3-2-4-8-18/h2-10,17H,11-16H2,1H3/t17-/m1/s1. The number of rotatable bonds is 5. The fraction of sp³-hybridized carbons (Fsp3) is 0.400. The molecule has 2 nitrogen and oxygen atoms in total. The van der Waals surface area contributed by atoms with Crippen molar-refractivity contribution < 1.29 is 4.39 Å². The average molecular weight is 312 g/mol. The van der Waals surface area contributed by atoms with Gasteiger partial charge in [-0.2, -0.15) is 0 Å². The highest BCUT2D eigenvalue weighted by molar-refractivity contribution is 5.18. The summed E-state index contributed by atoms with van der Waals surface area (Å²) in [5.74, 6) is -0.0814. The molecule has 1 saturated heterocycles. The monoisotopic (exact) mass is 312 g/mol. The fourth-order valence-corrected chi connectivity index (χ4v) is 3.32. The lowest BCUT2D eigenvalue weighted by Gasteiger charge is -2.38. The van der Waals surface area contributed by atoms with Crippen LogP contribution in [0.5, 0.6) is 0 Å². The molecule has 0 N–H and O–H groups in total. The van der Waals surface area contributed by atoms with Crippen molar-refractivity contribution in [2.24, 2.45) is 0 Å². The second-order valence-electron chi connectivity index (χ2n) is 6.44. The van der Waals surface area contributed by atoms with Crippen molar-refractivity contribution in [1.29, 1.82) is 0 Å². The van der Waals surface area contributed by atoms with E-state index in [0.29, 0.717) is 6.04 Å². The van der Waals surface area contributed by atoms with Gasteiger partial charge < -0.3 is 0 Å². The molecule has 0 aliphatic carbocycles. The SMILES string of the molecule is C[C@H](Cc1ccccc1F)N1CCN(Cc2ccccc2)CC1. The number of halogens is 1. The third kappa shape index (κ3) is 4.40. The predicted octanol–water partition coefficient (Wildman–Crippen LogP) is 3.57. The molecule has 1 fully saturated rings. The summed E-state index contributed by atoms with van der Waals surface area (Å²) in [6, 6.07) is 18.1. The largest absolute Gasteiger partial charge is 0.298 e. The fourth-order valence-electron chi connectivity index (χ4n) is 3.32. The number of benzene rings is 2. The van der Waals surface area contributed by atoms with Gasteiger partial charge in [0.2, 0.25) is 0 Å². The minimum absolute atomic E-state index is 0.0814. The van der Waals surface area contributed by atoms with Gasteiger partial charge in [-0.3, -0.25) is 9.80 Å². The summed E-state index contributed by atoms with van der Waals surface area (Å²) in [6.45, 7) is 7.51. The van der Waals surface area contributed by atoms with Crippen LogP contribution < -0.4 is 0 Å². The van der Waals surface area contributed by atoms with Crippen LogP contribution in [0.1, 0.15) is 18.1 Å². The van der Waals surface area contributed by atoms with Crippen LogP contribution >= 0.6 is 0 Å². The van der Waals surface area contributed by atoms with E-state index in [1.807, 2.05) is 12.1 Å². The first-order chi connectivity index (χ1) is 11.2. The summed E-state index contributed by atoms with van der Waals surface area (Å²) in [6.07, 6.45) is 0.783. The van der Waals surface area contributed by atoms with E-state index in [4.69, 9.17) is 0 Å². The summed E-state index contributed by atoms with van der Waals surface area (Å²) >= 11 is 0. The van der Waals surface area contributed by atoms with E-state index in [9.17, 15) is 4.39 Å². The van der Waals surface area contributed by atoms with Crippen molar-refractivity contribution in [3.05, 3.63) is 71.5 Å². The average Bonchev–Trinajstić information content (AvgIpc) is 2.58. The van der Waals surface area contributed by atoms with Gasteiger partial charge in [0.25, 0.3) is 0 Å². The molecule has 3 rings (SSSR count). The van der Waals surface area contributed by atoms with Crippen LogP contribution in [0.4, 0.5) is 4.39 Å². The minimum Gasteiger partial charge on any atom is -0.298 e. The van der Waals surface area contributed by atoms with E-state index in [0.717, 1.165) is 44.7 Å². The Morgan fingerprint density at radius 2 is 1.57 bits per heavy atom. The number of nitrogens with zero attached hydrogens (tertiary/aromatic N) is 2. The highest BCUT2D eigenvalue weighted by Crippen LogP contribution is 2.15. The molecule has 0 unspecified atom stereocenters. The Labute approximate surface area is 138 Å². The molecule has 0 amide bonds. The predicted molar refractivity (Wildman–Crippen MR) is 92.9 cm³/mol. The van der Waals surface area contributed by atoms with E-state index in [-0.39, 0.29) is 5.82 Å². The van der Waals surface area contributed by atoms with Crippen molar-refractivity contribution in [1.82, 2.24) is 9.80 Å². The van der Waals surface area contributed by atoms with Gasteiger partial charge in [-0.25, -0.2) is 4.39 Å². The van der Waals surface area contributed by atoms with Gasteiger partial charge in [-0.05, 0) is 30.5 Å². The second-order valence-corrected chi connectivity index (χ2v) is 6.44. The minimum atomic E-state index is -0.0814. The van der Waals surface area contributed by atoms with Crippen LogP contribution in [-0.4, -0.2) is 42.0 Å². The molecule has 23 heavy (non-hydrogen) atoms. The summed E-state index contributed by atoms with van der Waals surface area (Å²) < 4.78 is 13.8. The molecular formula is C20H25FN2. The Kier molecular flexibility index (Phi) is 5.42. The molecule has 3 heteroatoms. The Morgan fingerprint density at radius 3 is 2.26 bits per heavy atom. The molecule has 1 atom stereocenters. The van der Waals surface area contributed by atoms with Crippen molar-refractivity contribution in [3.63, 3.8) is 0 Å². The maximum absolute atomic E-state index is 13.8. The quantitative estimate of drug-likeness (QED) is 0.833. The molecule has 1 heterocycles. The van der Waals surface area contributed by atoms with Gasteiger partial charge in [-0.1, -0.05) is 48.5 Å². The van der Waals surface area contributed by atoms with Crippen molar-refractivity contribution in [3.8, 4) is 0 Å². The Morgan fingerprint density at radius 1 is 0.913 bits per heavy atom. The summed E-state index contributed by atoms with van der Waals surface area (Å²) in [4.78, 5) is 4.98. The van der Waals surface area contributed by atoms with Crippen LogP contribution in [0.2, 0.25) is 0 Å². The zero-order valence-corrected chi connectivity index (χ0v) is 13.8. The van der Waals surface area contributed by atoms with E-state index in [1.54, 1.807) is 12.1 Å². The molecular weight excluding hydrogens is 287 g/mol. The Hall–Kier alpha value is -1.71. The van der Waals surface area contributed by atoms with Crippen LogP contribution in [0, 0.1) is 5.82 Å². The van der Waals surface area contributed by atoms with Gasteiger partial charge in [-0.15, -0.1) is 0 Å². The van der Waals surface area contributed by atoms with Crippen LogP contribution in [0.3, 0.4) is 0 Å². The van der Waals surface area contributed by atoms with E-state index < -0.39 is 0 Å². The molecule has 1 aliphatic heterocycles. The van der Waals surface area contributed by atoms with Crippen LogP contribution in [0.25, 0.3) is 0 Å². The molecule has 0 saturated carbocycles. The van der Waals surface area contributed by atoms with Gasteiger partial charge in [0.05, 0.1) is 0 Å². The second kappa shape index (κ2) is 7.71. The lowest BCUT2D eigenvalue weighted by atomic mass is 10.0. The van der Waals surface area contributed by atoms with Gasteiger partial charge >= 0.3 is 0 Å². The number of hydrogen-bond donors (Lipinski definition) is 0. The maximum Gasteiger partial charge on any atom is 0.126 e. The highest BCUT2D eigenvalue weighted by Gasteiger charge is 2.21. The lowest BCUT2D eigenvalue weighted by molar-refractivity contribution is 0.0975. The summed E-state index contributed by atoms with van der Waals surface area (Å²) in [5.41, 5.74) is 2.20. The van der Waals surface area contributed by atoms with Gasteiger partial charge in [0.15, 0.2) is 0 Å². The zero-order chi connectivity index (χ0) is 16.1. The topological polar surface area (TPSA) is 6.48 Å². The first kappa shape index (κ1) is 16.2. The first-order valence-corrected chi connectivity index (χ1v) is 8.46. The van der Waals surface area contributed by atoms with Crippen molar-refractivity contribution in [2.75, 3.05) is 26.2 Å². The molecule has 0 bridgehead atoms. The maximum atomic E-state index is 13.8. The van der Waals surface area contributed by atoms with Crippen molar-refractivity contribution >= 4 is 0 Å². The number of hydrogen-bond acceptors (Lipinski definition) is 2. The van der Waals surface area contributed by atoms with E-state index >= 15 is 0 Å². The normalized spacial score (nSPS) is 18.0. The van der Waals surface area contributed by atoms with E-state index in [1.165, 1.54) is 5.56 Å².